The summed E-state index contributed by atoms with van der Waals surface area (Å²) < 4.78 is 20.1. The Morgan fingerprint density at radius 2 is 1.71 bits per heavy atom. The number of halogens is 1. The summed E-state index contributed by atoms with van der Waals surface area (Å²) in [5.74, 6) is -0.368. The van der Waals surface area contributed by atoms with E-state index in [4.69, 9.17) is 30.5 Å². The Kier molecular flexibility index (Phi) is 9.44. The van der Waals surface area contributed by atoms with Crippen molar-refractivity contribution in [1.82, 2.24) is 0 Å². The van der Waals surface area contributed by atoms with E-state index in [1.54, 1.807) is 21.0 Å². The number of esters is 1. The zero-order valence-electron chi connectivity index (χ0n) is 10.7. The lowest BCUT2D eigenvalue weighted by molar-refractivity contribution is -0.155. The largest absolute Gasteiger partial charge is 0.449 e. The lowest BCUT2D eigenvalue weighted by Crippen LogP contribution is -2.32. The van der Waals surface area contributed by atoms with E-state index in [1.807, 2.05) is 0 Å². The third-order valence-corrected chi connectivity index (χ3v) is 2.11. The van der Waals surface area contributed by atoms with Crippen LogP contribution < -0.4 is 0 Å². The third-order valence-electron chi connectivity index (χ3n) is 2.00. The van der Waals surface area contributed by atoms with E-state index in [9.17, 15) is 4.79 Å². The molecule has 0 unspecified atom stereocenters. The highest BCUT2D eigenvalue weighted by Gasteiger charge is 2.29. The highest BCUT2D eigenvalue weighted by molar-refractivity contribution is 6.17. The quantitative estimate of drug-likeness (QED) is 0.341. The summed E-state index contributed by atoms with van der Waals surface area (Å²) in [5, 5.41) is 0. The number of methoxy groups -OCH3 is 1. The van der Waals surface area contributed by atoms with Gasteiger partial charge in [-0.25, -0.2) is 0 Å². The van der Waals surface area contributed by atoms with Crippen molar-refractivity contribution in [3.05, 3.63) is 0 Å². The molecule has 0 spiro atoms. The Bertz CT molecular complexity index is 208. The van der Waals surface area contributed by atoms with E-state index >= 15 is 0 Å². The second-order valence-corrected chi connectivity index (χ2v) is 4.30. The van der Waals surface area contributed by atoms with Crippen molar-refractivity contribution in [2.24, 2.45) is 5.41 Å². The summed E-state index contributed by atoms with van der Waals surface area (Å²) >= 11 is 5.32. The van der Waals surface area contributed by atoms with Gasteiger partial charge in [0, 0.05) is 7.11 Å². The van der Waals surface area contributed by atoms with Crippen LogP contribution in [0.25, 0.3) is 0 Å². The van der Waals surface area contributed by atoms with Crippen LogP contribution in [-0.2, 0) is 23.7 Å². The molecule has 0 fully saturated rings. The fourth-order valence-electron chi connectivity index (χ4n) is 0.993. The van der Waals surface area contributed by atoms with Crippen LogP contribution in [0.5, 0.6) is 0 Å². The van der Waals surface area contributed by atoms with E-state index in [-0.39, 0.29) is 18.6 Å². The molecular weight excluding hydrogens is 248 g/mol. The maximum absolute atomic E-state index is 11.4. The molecule has 0 N–H and O–H groups in total. The normalized spacial score (nSPS) is 11.5. The van der Waals surface area contributed by atoms with Crippen LogP contribution >= 0.6 is 11.6 Å². The molecule has 0 aromatic rings. The number of carbonyl (C=O) groups excluding carboxylic acids is 1. The minimum Gasteiger partial charge on any atom is -0.449 e. The van der Waals surface area contributed by atoms with Crippen molar-refractivity contribution in [3.63, 3.8) is 0 Å². The first-order valence-electron chi connectivity index (χ1n) is 5.42. The van der Waals surface area contributed by atoms with Gasteiger partial charge in [-0.15, -0.1) is 0 Å². The van der Waals surface area contributed by atoms with Crippen LogP contribution in [0.3, 0.4) is 0 Å². The molecule has 0 bridgehead atoms. The molecule has 0 saturated heterocycles. The zero-order valence-corrected chi connectivity index (χ0v) is 11.4. The van der Waals surface area contributed by atoms with Gasteiger partial charge in [0.05, 0.1) is 38.4 Å². The number of hydrogen-bond donors (Lipinski definition) is 0. The van der Waals surface area contributed by atoms with Gasteiger partial charge in [0.25, 0.3) is 0 Å². The van der Waals surface area contributed by atoms with Gasteiger partial charge in [-0.05, 0) is 13.8 Å². The Morgan fingerprint density at radius 3 is 2.29 bits per heavy atom. The number of ether oxygens (including phenoxy) is 4. The average Bonchev–Trinajstić information content (AvgIpc) is 2.28. The molecule has 0 aliphatic rings. The van der Waals surface area contributed by atoms with Crippen LogP contribution in [0.2, 0.25) is 0 Å². The summed E-state index contributed by atoms with van der Waals surface area (Å²) in [5.41, 5.74) is -0.693. The monoisotopic (exact) mass is 268 g/mol. The molecule has 0 rings (SSSR count). The van der Waals surface area contributed by atoms with Gasteiger partial charge >= 0.3 is 5.97 Å². The van der Waals surface area contributed by atoms with Gasteiger partial charge in [0.1, 0.15) is 0 Å². The summed E-state index contributed by atoms with van der Waals surface area (Å²) in [6, 6.07) is -0.137. The Morgan fingerprint density at radius 1 is 1.12 bits per heavy atom. The molecule has 0 amide bonds. The molecule has 6 heteroatoms. The van der Waals surface area contributed by atoms with Crippen LogP contribution in [0, 0.1) is 5.41 Å². The highest BCUT2D eigenvalue weighted by atomic mass is 35.5. The van der Waals surface area contributed by atoms with Crippen LogP contribution in [0.15, 0.2) is 0 Å². The highest BCUT2D eigenvalue weighted by Crippen LogP contribution is 2.17. The molecule has 0 aliphatic heterocycles. The van der Waals surface area contributed by atoms with Gasteiger partial charge in [-0.1, -0.05) is 11.6 Å². The van der Waals surface area contributed by atoms with E-state index in [1.165, 1.54) is 0 Å². The molecule has 0 radical (unpaired) electrons. The van der Waals surface area contributed by atoms with E-state index in [0.717, 1.165) is 0 Å². The second-order valence-electron chi connectivity index (χ2n) is 4.08. The van der Waals surface area contributed by atoms with Gasteiger partial charge in [-0.2, -0.15) is 0 Å². The minimum atomic E-state index is -0.693. The topological polar surface area (TPSA) is 54.0 Å². The fourth-order valence-corrected chi connectivity index (χ4v) is 1.09. The molecule has 0 heterocycles. The first kappa shape index (κ1) is 16.6. The molecule has 0 aromatic carbocycles. The number of alkyl halides is 1. The van der Waals surface area contributed by atoms with Crippen molar-refractivity contribution < 1.29 is 23.7 Å². The predicted molar refractivity (Wildman–Crippen MR) is 64.1 cm³/mol. The summed E-state index contributed by atoms with van der Waals surface area (Å²) in [6.07, 6.45) is 0. The molecular formula is C11H21ClO5. The zero-order chi connectivity index (χ0) is 13.1. The molecule has 0 aliphatic carbocycles. The van der Waals surface area contributed by atoms with Gasteiger partial charge in [0.15, 0.2) is 6.07 Å². The van der Waals surface area contributed by atoms with Crippen molar-refractivity contribution >= 4 is 17.6 Å². The summed E-state index contributed by atoms with van der Waals surface area (Å²) in [7, 11) is 1.62. The maximum Gasteiger partial charge on any atom is 0.315 e. The van der Waals surface area contributed by atoms with E-state index in [0.29, 0.717) is 26.4 Å². The minimum absolute atomic E-state index is 0.137. The maximum atomic E-state index is 11.4. The summed E-state index contributed by atoms with van der Waals surface area (Å²) in [4.78, 5) is 11.4. The van der Waals surface area contributed by atoms with Gasteiger partial charge in [-0.3, -0.25) is 4.79 Å². The average molecular weight is 269 g/mol. The van der Waals surface area contributed by atoms with Gasteiger partial charge in [0.2, 0.25) is 0 Å². The Labute approximate surface area is 107 Å². The smallest absolute Gasteiger partial charge is 0.315 e. The summed E-state index contributed by atoms with van der Waals surface area (Å²) in [6.45, 7) is 5.77. The fraction of sp³-hybridized carbons (Fsp3) is 0.909. The standard InChI is InChI=1S/C11H21ClO5/c1-11(2,10(13)17-9-12)8-16-7-6-15-5-4-14-3/h4-9H2,1-3H3. The molecule has 5 nitrogen and oxygen atoms in total. The molecule has 102 valence electrons. The number of rotatable bonds is 10. The van der Waals surface area contributed by atoms with Crippen molar-refractivity contribution in [2.75, 3.05) is 46.2 Å². The van der Waals surface area contributed by atoms with E-state index in [2.05, 4.69) is 0 Å². The first-order chi connectivity index (χ1) is 8.04. The first-order valence-corrected chi connectivity index (χ1v) is 5.95. The molecule has 0 atom stereocenters. The van der Waals surface area contributed by atoms with Crippen LogP contribution in [0.4, 0.5) is 0 Å². The molecule has 0 aromatic heterocycles. The predicted octanol–water partition coefficient (Wildman–Crippen LogP) is 1.43. The Hall–Kier alpha value is -0.360. The van der Waals surface area contributed by atoms with E-state index < -0.39 is 5.41 Å². The van der Waals surface area contributed by atoms with Crippen LogP contribution in [0.1, 0.15) is 13.8 Å². The lowest BCUT2D eigenvalue weighted by Gasteiger charge is -2.21. The molecule has 17 heavy (non-hydrogen) atoms. The van der Waals surface area contributed by atoms with Crippen molar-refractivity contribution in [2.45, 2.75) is 13.8 Å². The van der Waals surface area contributed by atoms with Crippen LogP contribution in [-0.4, -0.2) is 52.2 Å². The van der Waals surface area contributed by atoms with Crippen molar-refractivity contribution in [3.8, 4) is 0 Å². The van der Waals surface area contributed by atoms with Gasteiger partial charge < -0.3 is 18.9 Å². The van der Waals surface area contributed by atoms with Crippen molar-refractivity contribution in [1.29, 1.82) is 0 Å². The lowest BCUT2D eigenvalue weighted by atomic mass is 9.95. The third kappa shape index (κ3) is 8.37. The Balaban J connectivity index is 3.55. The number of carbonyl (C=O) groups is 1. The SMILES string of the molecule is COCCOCCOCC(C)(C)C(=O)OCCl. The second kappa shape index (κ2) is 9.65. The number of hydrogen-bond acceptors (Lipinski definition) is 5. The molecule has 0 saturated carbocycles.